The van der Waals surface area contributed by atoms with Crippen molar-refractivity contribution in [3.8, 4) is 0 Å². The van der Waals surface area contributed by atoms with E-state index in [1.54, 1.807) is 0 Å². The Balaban J connectivity index is 4.38. The van der Waals surface area contributed by atoms with E-state index < -0.39 is 6.10 Å². The molecule has 7 nitrogen and oxygen atoms in total. The second-order valence-electron chi connectivity index (χ2n) is 16.2. The molecule has 0 bridgehead atoms. The summed E-state index contributed by atoms with van der Waals surface area (Å²) in [6, 6.07) is 0. The molecule has 4 unspecified atom stereocenters. The van der Waals surface area contributed by atoms with E-state index >= 15 is 0 Å². The average Bonchev–Trinajstić information content (AvgIpc) is 3.15. The Bertz CT molecular complexity index is 794. The smallest absolute Gasteiger partial charge is 0.306 e. The van der Waals surface area contributed by atoms with Crippen molar-refractivity contribution in [1.82, 2.24) is 4.90 Å². The third-order valence-corrected chi connectivity index (χ3v) is 11.3. The van der Waals surface area contributed by atoms with E-state index in [1.807, 2.05) is 0 Å². The van der Waals surface area contributed by atoms with Crippen LogP contribution in [0.1, 0.15) is 227 Å². The molecule has 316 valence electrons. The van der Waals surface area contributed by atoms with E-state index in [1.165, 1.54) is 89.9 Å². The fraction of sp³-hybridized carbons (Fsp3) is 0.957. The van der Waals surface area contributed by atoms with Crippen molar-refractivity contribution in [1.29, 1.82) is 0 Å². The van der Waals surface area contributed by atoms with Gasteiger partial charge in [-0.05, 0) is 95.6 Å². The van der Waals surface area contributed by atoms with E-state index in [9.17, 15) is 19.8 Å². The third-order valence-electron chi connectivity index (χ3n) is 11.3. The fourth-order valence-electron chi connectivity index (χ4n) is 7.54. The van der Waals surface area contributed by atoms with Crippen molar-refractivity contribution < 1.29 is 29.3 Å². The lowest BCUT2D eigenvalue weighted by atomic mass is 9.92. The SMILES string of the molecule is CCCCCCCC(CCCCC)CCOC(=O)CCCCC(O)CN(CCCCCO)CCCCCCC(=O)OC(CC)CCC(CC)CCCC. The van der Waals surface area contributed by atoms with Crippen molar-refractivity contribution in [2.45, 2.75) is 239 Å². The van der Waals surface area contributed by atoms with Gasteiger partial charge in [-0.3, -0.25) is 9.59 Å². The molecule has 0 aliphatic heterocycles. The van der Waals surface area contributed by atoms with Crippen LogP contribution in [0.2, 0.25) is 0 Å². The zero-order chi connectivity index (χ0) is 39.2. The van der Waals surface area contributed by atoms with Crippen LogP contribution in [0.5, 0.6) is 0 Å². The van der Waals surface area contributed by atoms with Gasteiger partial charge in [0.1, 0.15) is 6.10 Å². The molecule has 0 aromatic rings. The molecule has 0 heterocycles. The van der Waals surface area contributed by atoms with Crippen LogP contribution in [-0.2, 0) is 19.1 Å². The molecule has 0 amide bonds. The summed E-state index contributed by atoms with van der Waals surface area (Å²) < 4.78 is 11.5. The number of esters is 2. The summed E-state index contributed by atoms with van der Waals surface area (Å²) in [6.45, 7) is 14.4. The van der Waals surface area contributed by atoms with Gasteiger partial charge in [-0.2, -0.15) is 0 Å². The van der Waals surface area contributed by atoms with Crippen molar-refractivity contribution >= 4 is 11.9 Å². The number of nitrogens with zero attached hydrogens (tertiary/aromatic N) is 1. The topological polar surface area (TPSA) is 96.3 Å². The average molecular weight is 754 g/mol. The minimum Gasteiger partial charge on any atom is -0.466 e. The monoisotopic (exact) mass is 754 g/mol. The summed E-state index contributed by atoms with van der Waals surface area (Å²) in [5, 5.41) is 20.1. The Morgan fingerprint density at radius 3 is 1.74 bits per heavy atom. The van der Waals surface area contributed by atoms with Crippen LogP contribution in [0.3, 0.4) is 0 Å². The maximum atomic E-state index is 12.5. The standard InChI is InChI=1S/C46H91NO6/c1-6-11-14-15-20-29-42(28-19-12-7-2)35-39-52-45(50)31-23-22-30-43(49)40-47(37-25-18-26-38-48)36-24-17-16-21-32-46(51)53-44(10-5)34-33-41(9-4)27-13-8-3/h41-44,48-49H,6-40H2,1-5H3. The predicted octanol–water partition coefficient (Wildman–Crippen LogP) is 12.1. The summed E-state index contributed by atoms with van der Waals surface area (Å²) in [5.41, 5.74) is 0. The van der Waals surface area contributed by atoms with Crippen LogP contribution in [-0.4, -0.2) is 72.1 Å². The largest absolute Gasteiger partial charge is 0.466 e. The number of carbonyl (C=O) groups excluding carboxylic acids is 2. The minimum absolute atomic E-state index is 0.0460. The molecular formula is C46H91NO6. The van der Waals surface area contributed by atoms with E-state index in [2.05, 4.69) is 39.5 Å². The fourth-order valence-corrected chi connectivity index (χ4v) is 7.54. The van der Waals surface area contributed by atoms with Gasteiger partial charge < -0.3 is 24.6 Å². The molecule has 0 rings (SSSR count). The molecule has 7 heteroatoms. The number of hydrogen-bond donors (Lipinski definition) is 2. The van der Waals surface area contributed by atoms with Crippen molar-refractivity contribution in [3.63, 3.8) is 0 Å². The first-order valence-corrected chi connectivity index (χ1v) is 23.2. The van der Waals surface area contributed by atoms with Gasteiger partial charge in [0.25, 0.3) is 0 Å². The lowest BCUT2D eigenvalue weighted by Gasteiger charge is -2.25. The highest BCUT2D eigenvalue weighted by Crippen LogP contribution is 2.23. The molecule has 0 aromatic carbocycles. The molecule has 0 aromatic heterocycles. The number of aliphatic hydroxyl groups is 2. The van der Waals surface area contributed by atoms with Crippen LogP contribution < -0.4 is 0 Å². The second-order valence-corrected chi connectivity index (χ2v) is 16.2. The van der Waals surface area contributed by atoms with Gasteiger partial charge in [-0.15, -0.1) is 0 Å². The van der Waals surface area contributed by atoms with Gasteiger partial charge in [0.15, 0.2) is 0 Å². The highest BCUT2D eigenvalue weighted by Gasteiger charge is 2.16. The van der Waals surface area contributed by atoms with Gasteiger partial charge in [0, 0.05) is 26.0 Å². The first kappa shape index (κ1) is 51.8. The number of rotatable bonds is 41. The maximum absolute atomic E-state index is 12.5. The van der Waals surface area contributed by atoms with E-state index in [0.29, 0.717) is 38.3 Å². The van der Waals surface area contributed by atoms with Gasteiger partial charge in [0.2, 0.25) is 0 Å². The summed E-state index contributed by atoms with van der Waals surface area (Å²) in [7, 11) is 0. The number of aliphatic hydroxyl groups excluding tert-OH is 2. The van der Waals surface area contributed by atoms with Crippen LogP contribution in [0.15, 0.2) is 0 Å². The molecule has 0 spiro atoms. The molecule has 4 atom stereocenters. The Kier molecular flexibility index (Phi) is 38.2. The minimum atomic E-state index is -0.411. The van der Waals surface area contributed by atoms with Crippen LogP contribution in [0, 0.1) is 11.8 Å². The quantitative estimate of drug-likeness (QED) is 0.0474. The van der Waals surface area contributed by atoms with Crippen molar-refractivity contribution in [3.05, 3.63) is 0 Å². The van der Waals surface area contributed by atoms with Gasteiger partial charge >= 0.3 is 11.9 Å². The van der Waals surface area contributed by atoms with Crippen molar-refractivity contribution in [2.24, 2.45) is 11.8 Å². The zero-order valence-electron chi connectivity index (χ0n) is 36.0. The molecule has 2 N–H and O–H groups in total. The Labute approximate surface area is 329 Å². The van der Waals surface area contributed by atoms with Crippen LogP contribution >= 0.6 is 0 Å². The predicted molar refractivity (Wildman–Crippen MR) is 224 cm³/mol. The molecule has 0 aliphatic carbocycles. The normalized spacial score (nSPS) is 14.0. The number of carbonyl (C=O) groups is 2. The van der Waals surface area contributed by atoms with Crippen molar-refractivity contribution in [2.75, 3.05) is 32.8 Å². The van der Waals surface area contributed by atoms with E-state index in [0.717, 1.165) is 102 Å². The molecule has 0 aliphatic rings. The molecular weight excluding hydrogens is 663 g/mol. The van der Waals surface area contributed by atoms with Gasteiger partial charge in [-0.25, -0.2) is 0 Å². The Morgan fingerprint density at radius 2 is 1.08 bits per heavy atom. The lowest BCUT2D eigenvalue weighted by Crippen LogP contribution is -2.34. The van der Waals surface area contributed by atoms with Gasteiger partial charge in [-0.1, -0.05) is 144 Å². The number of hydrogen-bond acceptors (Lipinski definition) is 7. The first-order valence-electron chi connectivity index (χ1n) is 23.2. The summed E-state index contributed by atoms with van der Waals surface area (Å²) in [6.07, 6.45) is 31.6. The number of ether oxygens (including phenoxy) is 2. The molecule has 0 saturated heterocycles. The summed E-state index contributed by atoms with van der Waals surface area (Å²) in [4.78, 5) is 27.4. The van der Waals surface area contributed by atoms with Gasteiger partial charge in [0.05, 0.1) is 12.7 Å². The molecule has 53 heavy (non-hydrogen) atoms. The third kappa shape index (κ3) is 33.8. The molecule has 0 radical (unpaired) electrons. The first-order chi connectivity index (χ1) is 25.8. The lowest BCUT2D eigenvalue weighted by molar-refractivity contribution is -0.150. The summed E-state index contributed by atoms with van der Waals surface area (Å²) in [5.74, 6) is 1.27. The van der Waals surface area contributed by atoms with Crippen LogP contribution in [0.4, 0.5) is 0 Å². The Morgan fingerprint density at radius 1 is 0.528 bits per heavy atom. The number of unbranched alkanes of at least 4 members (excludes halogenated alkanes) is 13. The zero-order valence-corrected chi connectivity index (χ0v) is 36.0. The highest BCUT2D eigenvalue weighted by molar-refractivity contribution is 5.69. The Hall–Kier alpha value is -1.18. The molecule has 0 saturated carbocycles. The van der Waals surface area contributed by atoms with Crippen LogP contribution in [0.25, 0.3) is 0 Å². The highest BCUT2D eigenvalue weighted by atomic mass is 16.5. The van der Waals surface area contributed by atoms with E-state index in [-0.39, 0.29) is 24.6 Å². The second kappa shape index (κ2) is 39.1. The van der Waals surface area contributed by atoms with E-state index in [4.69, 9.17) is 9.47 Å². The molecule has 0 fully saturated rings. The maximum Gasteiger partial charge on any atom is 0.306 e. The summed E-state index contributed by atoms with van der Waals surface area (Å²) >= 11 is 0.